The van der Waals surface area contributed by atoms with Crippen LogP contribution in [-0.4, -0.2) is 38.6 Å². The molecule has 0 N–H and O–H groups in total. The van der Waals surface area contributed by atoms with Gasteiger partial charge in [0, 0.05) is 0 Å². The van der Waals surface area contributed by atoms with Crippen molar-refractivity contribution < 1.29 is 18.9 Å². The summed E-state index contributed by atoms with van der Waals surface area (Å²) in [5.41, 5.74) is 6.08. The molecule has 0 bridgehead atoms. The predicted octanol–water partition coefficient (Wildman–Crippen LogP) is 10.3. The molecule has 0 saturated carbocycles. The fraction of sp³-hybridized carbons (Fsp3) is 0.538. The van der Waals surface area contributed by atoms with Crippen molar-refractivity contribution in [3.63, 3.8) is 0 Å². The van der Waals surface area contributed by atoms with Crippen molar-refractivity contribution in [2.75, 3.05) is 26.4 Å². The summed E-state index contributed by atoms with van der Waals surface area (Å²) >= 11 is 0. The number of aryl methyl sites for hydroxylation is 1. The van der Waals surface area contributed by atoms with Gasteiger partial charge in [-0.2, -0.15) is 0 Å². The summed E-state index contributed by atoms with van der Waals surface area (Å²) in [6.45, 7) is 5.73. The Hall–Kier alpha value is -2.82. The molecule has 0 radical (unpaired) electrons. The van der Waals surface area contributed by atoms with Crippen LogP contribution in [0.25, 0.3) is 22.3 Å². The second-order valence-corrected chi connectivity index (χ2v) is 12.5. The zero-order valence-corrected chi connectivity index (χ0v) is 26.4. The minimum absolute atomic E-state index is 0.587. The van der Waals surface area contributed by atoms with Crippen LogP contribution in [0.3, 0.4) is 0 Å². The summed E-state index contributed by atoms with van der Waals surface area (Å²) in [5, 5.41) is 0. The summed E-state index contributed by atoms with van der Waals surface area (Å²) in [4.78, 5) is 0. The normalized spacial score (nSPS) is 17.1. The maximum absolute atomic E-state index is 6.11. The zero-order chi connectivity index (χ0) is 29.5. The number of ether oxygens (including phenoxy) is 4. The molecule has 2 fully saturated rings. The van der Waals surface area contributed by atoms with Crippen LogP contribution in [-0.2, 0) is 9.47 Å². The van der Waals surface area contributed by atoms with Gasteiger partial charge < -0.3 is 18.9 Å². The lowest BCUT2D eigenvalue weighted by Crippen LogP contribution is -1.99. The molecule has 2 aliphatic heterocycles. The highest BCUT2D eigenvalue weighted by Gasteiger charge is 2.21. The first-order valence-corrected chi connectivity index (χ1v) is 17.0. The van der Waals surface area contributed by atoms with Crippen LogP contribution in [0, 0.1) is 6.92 Å². The molecular formula is C39H52O4. The van der Waals surface area contributed by atoms with Crippen molar-refractivity contribution in [3.8, 4) is 33.8 Å². The first kappa shape index (κ1) is 31.6. The summed E-state index contributed by atoms with van der Waals surface area (Å²) in [6.07, 6.45) is 19.0. The van der Waals surface area contributed by atoms with E-state index in [-0.39, 0.29) is 0 Å². The van der Waals surface area contributed by atoms with Crippen molar-refractivity contribution in [3.05, 3.63) is 72.3 Å². The molecule has 232 valence electrons. The first-order valence-electron chi connectivity index (χ1n) is 17.0. The SMILES string of the molecule is Cc1cc(-c2ccc(-c3ccc(OCCCCCCCCC4CO4)cc3)cc2)ccc1OCCCCCCCCC1CO1. The van der Waals surface area contributed by atoms with Gasteiger partial charge in [0.25, 0.3) is 0 Å². The van der Waals surface area contributed by atoms with Crippen LogP contribution < -0.4 is 9.47 Å². The highest BCUT2D eigenvalue weighted by atomic mass is 16.6. The van der Waals surface area contributed by atoms with E-state index in [2.05, 4.69) is 73.7 Å². The van der Waals surface area contributed by atoms with Crippen LogP contribution in [0.1, 0.15) is 95.5 Å². The van der Waals surface area contributed by atoms with Gasteiger partial charge in [-0.1, -0.05) is 107 Å². The lowest BCUT2D eigenvalue weighted by Gasteiger charge is -2.12. The Morgan fingerprint density at radius 2 is 0.930 bits per heavy atom. The van der Waals surface area contributed by atoms with Gasteiger partial charge in [0.2, 0.25) is 0 Å². The van der Waals surface area contributed by atoms with Gasteiger partial charge in [0.05, 0.1) is 38.6 Å². The summed E-state index contributed by atoms with van der Waals surface area (Å²) in [6, 6.07) is 23.9. The third-order valence-corrected chi connectivity index (χ3v) is 8.75. The summed E-state index contributed by atoms with van der Waals surface area (Å²) in [7, 11) is 0. The van der Waals surface area contributed by atoms with Gasteiger partial charge in [0.15, 0.2) is 0 Å². The first-order chi connectivity index (χ1) is 21.2. The van der Waals surface area contributed by atoms with E-state index in [0.717, 1.165) is 50.8 Å². The predicted molar refractivity (Wildman–Crippen MR) is 177 cm³/mol. The quantitative estimate of drug-likeness (QED) is 0.0870. The topological polar surface area (TPSA) is 43.5 Å². The molecule has 5 rings (SSSR count). The molecule has 4 heteroatoms. The van der Waals surface area contributed by atoms with E-state index >= 15 is 0 Å². The fourth-order valence-corrected chi connectivity index (χ4v) is 5.79. The van der Waals surface area contributed by atoms with Crippen LogP contribution in [0.5, 0.6) is 11.5 Å². The monoisotopic (exact) mass is 584 g/mol. The van der Waals surface area contributed by atoms with Crippen LogP contribution in [0.4, 0.5) is 0 Å². The van der Waals surface area contributed by atoms with E-state index in [1.54, 1.807) is 0 Å². The molecule has 0 amide bonds. The molecule has 2 aliphatic rings. The summed E-state index contributed by atoms with van der Waals surface area (Å²) < 4.78 is 22.7. The van der Waals surface area contributed by atoms with Gasteiger partial charge in [-0.15, -0.1) is 0 Å². The average Bonchev–Trinajstić information content (AvgIpc) is 3.97. The number of unbranched alkanes of at least 4 members (excludes halogenated alkanes) is 10. The summed E-state index contributed by atoms with van der Waals surface area (Å²) in [5.74, 6) is 1.96. The van der Waals surface area contributed by atoms with Crippen molar-refractivity contribution in [2.45, 2.75) is 109 Å². The van der Waals surface area contributed by atoms with Crippen molar-refractivity contribution >= 4 is 0 Å². The second-order valence-electron chi connectivity index (χ2n) is 12.5. The number of hydrogen-bond acceptors (Lipinski definition) is 4. The standard InChI is InChI=1S/C39H52O4/c1-31-28-35(22-25-39(31)41-27-13-9-5-3-7-11-15-38-30-43-38)34-18-16-32(17-19-34)33-20-23-36(24-21-33)40-26-12-8-4-2-6-10-14-37-29-42-37/h16-25,28,37-38H,2-15,26-27,29-30H2,1H3. The maximum Gasteiger partial charge on any atom is 0.122 e. The smallest absolute Gasteiger partial charge is 0.122 e. The molecule has 0 spiro atoms. The van der Waals surface area contributed by atoms with Crippen LogP contribution >= 0.6 is 0 Å². The van der Waals surface area contributed by atoms with E-state index < -0.39 is 0 Å². The van der Waals surface area contributed by atoms with Gasteiger partial charge in [0.1, 0.15) is 11.5 Å². The number of rotatable bonds is 22. The lowest BCUT2D eigenvalue weighted by molar-refractivity contribution is 0.302. The van der Waals surface area contributed by atoms with E-state index in [9.17, 15) is 0 Å². The molecule has 2 atom stereocenters. The highest BCUT2D eigenvalue weighted by Crippen LogP contribution is 2.30. The number of hydrogen-bond donors (Lipinski definition) is 0. The Bertz CT molecular complexity index is 1190. The van der Waals surface area contributed by atoms with E-state index in [4.69, 9.17) is 18.9 Å². The Labute approximate surface area is 260 Å². The van der Waals surface area contributed by atoms with E-state index in [0.29, 0.717) is 12.2 Å². The molecular weight excluding hydrogens is 532 g/mol. The maximum atomic E-state index is 6.11. The molecule has 2 unspecified atom stereocenters. The van der Waals surface area contributed by atoms with E-state index in [1.165, 1.54) is 105 Å². The number of benzene rings is 3. The Morgan fingerprint density at radius 1 is 0.512 bits per heavy atom. The zero-order valence-electron chi connectivity index (χ0n) is 26.4. The van der Waals surface area contributed by atoms with Crippen LogP contribution in [0.15, 0.2) is 66.7 Å². The van der Waals surface area contributed by atoms with Crippen molar-refractivity contribution in [2.24, 2.45) is 0 Å². The molecule has 3 aromatic rings. The molecule has 4 nitrogen and oxygen atoms in total. The van der Waals surface area contributed by atoms with Crippen molar-refractivity contribution in [1.29, 1.82) is 0 Å². The molecule has 0 aromatic heterocycles. The molecule has 2 heterocycles. The number of epoxide rings is 2. The Balaban J connectivity index is 0.967. The second kappa shape index (κ2) is 17.5. The van der Waals surface area contributed by atoms with Crippen LogP contribution in [0.2, 0.25) is 0 Å². The third kappa shape index (κ3) is 11.7. The molecule has 3 aromatic carbocycles. The highest BCUT2D eigenvalue weighted by molar-refractivity contribution is 5.71. The van der Waals surface area contributed by atoms with E-state index in [1.807, 2.05) is 0 Å². The minimum Gasteiger partial charge on any atom is -0.494 e. The Morgan fingerprint density at radius 3 is 1.44 bits per heavy atom. The van der Waals surface area contributed by atoms with Gasteiger partial charge in [-0.25, -0.2) is 0 Å². The third-order valence-electron chi connectivity index (χ3n) is 8.75. The molecule has 0 aliphatic carbocycles. The lowest BCUT2D eigenvalue weighted by atomic mass is 9.99. The van der Waals surface area contributed by atoms with Gasteiger partial charge >= 0.3 is 0 Å². The molecule has 43 heavy (non-hydrogen) atoms. The molecule has 2 saturated heterocycles. The van der Waals surface area contributed by atoms with Crippen molar-refractivity contribution in [1.82, 2.24) is 0 Å². The van der Waals surface area contributed by atoms with Gasteiger partial charge in [-0.05, 0) is 84.7 Å². The fourth-order valence-electron chi connectivity index (χ4n) is 5.79. The Kier molecular flexibility index (Phi) is 12.8. The average molecular weight is 585 g/mol. The van der Waals surface area contributed by atoms with Gasteiger partial charge in [-0.3, -0.25) is 0 Å². The minimum atomic E-state index is 0.587. The largest absolute Gasteiger partial charge is 0.494 e.